The first kappa shape index (κ1) is 29.9. The third-order valence-electron chi connectivity index (χ3n) is 7.91. The van der Waals surface area contributed by atoms with Crippen LogP contribution in [-0.4, -0.2) is 33.7 Å². The molecule has 0 radical (unpaired) electrons. The van der Waals surface area contributed by atoms with Gasteiger partial charge in [0.1, 0.15) is 6.04 Å². The minimum Gasteiger partial charge on any atom is -0.359 e. The summed E-state index contributed by atoms with van der Waals surface area (Å²) in [7, 11) is -0.564. The van der Waals surface area contributed by atoms with Gasteiger partial charge in [-0.15, -0.1) is 0 Å². The zero-order valence-corrected chi connectivity index (χ0v) is 25.9. The minimum absolute atomic E-state index is 0.0304. The molecule has 6 heteroatoms. The second-order valence-electron chi connectivity index (χ2n) is 11.0. The second kappa shape index (κ2) is 15.1. The van der Waals surface area contributed by atoms with E-state index in [0.29, 0.717) is 23.9 Å². The fraction of sp³-hybridized carbons (Fsp3) is 0.278. The van der Waals surface area contributed by atoms with Gasteiger partial charge >= 0.3 is 0 Å². The molecule has 0 aromatic heterocycles. The summed E-state index contributed by atoms with van der Waals surface area (Å²) in [4.78, 5) is 15.7. The van der Waals surface area contributed by atoms with Crippen molar-refractivity contribution in [2.75, 3.05) is 0 Å². The maximum absolute atomic E-state index is 13.8. The first-order valence-corrected chi connectivity index (χ1v) is 16.7. The summed E-state index contributed by atoms with van der Waals surface area (Å²) in [5.41, 5.74) is 2.67. The van der Waals surface area contributed by atoms with Crippen LogP contribution in [-0.2, 0) is 17.9 Å². The highest BCUT2D eigenvalue weighted by Crippen LogP contribution is 2.46. The average Bonchev–Trinajstić information content (AvgIpc) is 3.03. The quantitative estimate of drug-likeness (QED) is 0.163. The molecule has 0 saturated heterocycles. The lowest BCUT2D eigenvalue weighted by atomic mass is 9.95. The number of nitrogens with one attached hydrogen (secondary N) is 2. The van der Waals surface area contributed by atoms with Crippen LogP contribution < -0.4 is 21.2 Å². The Labute approximate surface area is 257 Å². The van der Waals surface area contributed by atoms with Gasteiger partial charge < -0.3 is 15.5 Å². The molecule has 1 aliphatic rings. The fourth-order valence-corrected chi connectivity index (χ4v) is 9.26. The summed E-state index contributed by atoms with van der Waals surface area (Å²) in [6.45, 7) is 3.01. The fourth-order valence-electron chi connectivity index (χ4n) is 5.86. The van der Waals surface area contributed by atoms with E-state index < -0.39 is 14.0 Å². The molecular weight excluding hydrogens is 553 g/mol. The van der Waals surface area contributed by atoms with E-state index in [1.807, 2.05) is 48.2 Å². The van der Waals surface area contributed by atoms with Crippen molar-refractivity contribution in [3.8, 4) is 0 Å². The number of carbonyl (C=O) groups excluding carboxylic acids is 1. The monoisotopic (exact) mass is 593 g/mol. The number of nitrogens with zero attached hydrogens (tertiary/aromatic N) is 1. The Balaban J connectivity index is 1.29. The maximum atomic E-state index is 13.8. The maximum Gasteiger partial charge on any atom is 0.245 e. The third kappa shape index (κ3) is 8.06. The first-order valence-electron chi connectivity index (χ1n) is 14.9. The smallest absolute Gasteiger partial charge is 0.245 e. The Morgan fingerprint density at radius 3 is 1.71 bits per heavy atom. The topological polar surface area (TPSA) is 44.4 Å². The lowest BCUT2D eigenvalue weighted by Crippen LogP contribution is -2.54. The molecule has 1 saturated carbocycles. The Morgan fingerprint density at radius 2 is 1.21 bits per heavy atom. The second-order valence-corrected chi connectivity index (χ2v) is 13.8. The Hall–Kier alpha value is -3.53. The minimum atomic E-state index is -0.564. The molecule has 0 unspecified atom stereocenters. The van der Waals surface area contributed by atoms with E-state index >= 15 is 0 Å². The van der Waals surface area contributed by atoms with Gasteiger partial charge in [0, 0.05) is 24.8 Å². The highest BCUT2D eigenvalue weighted by atomic mass is 32.1. The van der Waals surface area contributed by atoms with Gasteiger partial charge in [0.25, 0.3) is 0 Å². The SMILES string of the molecule is C[C@@H](NC(=S)N[C@@H]1CCCC[C@H]1P(c1ccccc1)c1ccccc1)C(=O)N(Cc1ccccc1)Cc1ccccc1. The average molecular weight is 594 g/mol. The number of rotatable bonds is 10. The molecule has 42 heavy (non-hydrogen) atoms. The number of amides is 1. The van der Waals surface area contributed by atoms with Crippen molar-refractivity contribution >= 4 is 41.8 Å². The highest BCUT2D eigenvalue weighted by molar-refractivity contribution is 7.80. The number of carbonyl (C=O) groups is 1. The van der Waals surface area contributed by atoms with E-state index in [4.69, 9.17) is 12.2 Å². The van der Waals surface area contributed by atoms with Gasteiger partial charge in [-0.05, 0) is 61.6 Å². The van der Waals surface area contributed by atoms with Crippen LogP contribution in [0.25, 0.3) is 0 Å². The van der Waals surface area contributed by atoms with Crippen LogP contribution in [0, 0.1) is 0 Å². The summed E-state index contributed by atoms with van der Waals surface area (Å²) >= 11 is 5.86. The summed E-state index contributed by atoms with van der Waals surface area (Å²) in [5.74, 6) is 0.0304. The van der Waals surface area contributed by atoms with E-state index in [1.54, 1.807) is 0 Å². The third-order valence-corrected chi connectivity index (χ3v) is 11.1. The highest BCUT2D eigenvalue weighted by Gasteiger charge is 2.34. The largest absolute Gasteiger partial charge is 0.359 e. The Bertz CT molecular complexity index is 1320. The van der Waals surface area contributed by atoms with E-state index in [1.165, 1.54) is 23.5 Å². The van der Waals surface area contributed by atoms with Crippen molar-refractivity contribution in [3.05, 3.63) is 132 Å². The molecule has 1 fully saturated rings. The summed E-state index contributed by atoms with van der Waals surface area (Å²) < 4.78 is 0. The van der Waals surface area contributed by atoms with E-state index in [-0.39, 0.29) is 11.9 Å². The zero-order valence-electron chi connectivity index (χ0n) is 24.2. The molecule has 4 aromatic rings. The van der Waals surface area contributed by atoms with Crippen LogP contribution in [0.5, 0.6) is 0 Å². The van der Waals surface area contributed by atoms with Crippen molar-refractivity contribution < 1.29 is 4.79 Å². The number of hydrogen-bond acceptors (Lipinski definition) is 2. The van der Waals surface area contributed by atoms with Crippen molar-refractivity contribution in [2.24, 2.45) is 0 Å². The number of thiocarbonyl (C=S) groups is 1. The van der Waals surface area contributed by atoms with Crippen molar-refractivity contribution in [3.63, 3.8) is 0 Å². The predicted molar refractivity (Wildman–Crippen MR) is 181 cm³/mol. The molecule has 5 rings (SSSR count). The summed E-state index contributed by atoms with van der Waals surface area (Å²) in [6, 6.07) is 42.0. The standard InChI is InChI=1S/C36H40N3OPS/c1-28(35(40)39(26-29-16-6-2-7-17-29)27-30-18-8-3-9-19-30)37-36(42)38-33-24-14-15-25-34(33)41(31-20-10-4-11-21-31)32-22-12-5-13-23-32/h2-13,16-23,28,33-34H,14-15,24-27H2,1H3,(H2,37,38,42)/t28-,33-,34-/m1/s1. The molecule has 1 amide bonds. The van der Waals surface area contributed by atoms with Gasteiger partial charge in [0.2, 0.25) is 5.91 Å². The van der Waals surface area contributed by atoms with Crippen molar-refractivity contribution in [1.29, 1.82) is 0 Å². The molecule has 4 nitrogen and oxygen atoms in total. The van der Waals surface area contributed by atoms with Gasteiger partial charge in [0.05, 0.1) is 0 Å². The number of benzene rings is 4. The summed E-state index contributed by atoms with van der Waals surface area (Å²) in [6.07, 6.45) is 4.64. The van der Waals surface area contributed by atoms with Crippen molar-refractivity contribution in [2.45, 2.75) is 63.4 Å². The van der Waals surface area contributed by atoms with Crippen LogP contribution >= 0.6 is 20.1 Å². The molecule has 216 valence electrons. The molecule has 3 atom stereocenters. The lowest BCUT2D eigenvalue weighted by molar-refractivity contribution is -0.133. The molecule has 0 spiro atoms. The van der Waals surface area contributed by atoms with Gasteiger partial charge in [-0.1, -0.05) is 134 Å². The Morgan fingerprint density at radius 1 is 0.762 bits per heavy atom. The van der Waals surface area contributed by atoms with E-state index in [2.05, 4.69) is 95.6 Å². The number of hydrogen-bond donors (Lipinski definition) is 2. The van der Waals surface area contributed by atoms with Crippen molar-refractivity contribution in [1.82, 2.24) is 15.5 Å². The van der Waals surface area contributed by atoms with Crippen LogP contribution in [0.1, 0.15) is 43.7 Å². The van der Waals surface area contributed by atoms with Crippen LogP contribution in [0.3, 0.4) is 0 Å². The van der Waals surface area contributed by atoms with E-state index in [0.717, 1.165) is 24.0 Å². The van der Waals surface area contributed by atoms with E-state index in [9.17, 15) is 4.79 Å². The first-order chi connectivity index (χ1) is 20.6. The molecule has 4 aromatic carbocycles. The van der Waals surface area contributed by atoms with Gasteiger partial charge in [-0.3, -0.25) is 4.79 Å². The molecule has 2 N–H and O–H groups in total. The molecule has 0 aliphatic heterocycles. The van der Waals surface area contributed by atoms with Gasteiger partial charge in [0.15, 0.2) is 5.11 Å². The molecule has 0 heterocycles. The molecule has 0 bridgehead atoms. The summed E-state index contributed by atoms with van der Waals surface area (Å²) in [5, 5.41) is 10.4. The lowest BCUT2D eigenvalue weighted by Gasteiger charge is -2.39. The zero-order chi connectivity index (χ0) is 29.1. The molecule has 1 aliphatic carbocycles. The van der Waals surface area contributed by atoms with Crippen LogP contribution in [0.15, 0.2) is 121 Å². The van der Waals surface area contributed by atoms with Crippen LogP contribution in [0.4, 0.5) is 0 Å². The van der Waals surface area contributed by atoms with Gasteiger partial charge in [-0.25, -0.2) is 0 Å². The predicted octanol–water partition coefficient (Wildman–Crippen LogP) is 6.51. The normalized spacial score (nSPS) is 17.3. The van der Waals surface area contributed by atoms with Gasteiger partial charge in [-0.2, -0.15) is 0 Å². The molecular formula is C36H40N3OPS. The Kier molecular flexibility index (Phi) is 10.8. The van der Waals surface area contributed by atoms with Crippen LogP contribution in [0.2, 0.25) is 0 Å².